The van der Waals surface area contributed by atoms with Gasteiger partial charge in [0.15, 0.2) is 0 Å². The van der Waals surface area contributed by atoms with Crippen LogP contribution in [0.3, 0.4) is 0 Å². The van der Waals surface area contributed by atoms with E-state index in [9.17, 15) is 13.2 Å². The highest BCUT2D eigenvalue weighted by Gasteiger charge is 2.34. The van der Waals surface area contributed by atoms with Crippen molar-refractivity contribution < 1.29 is 17.9 Å². The molecule has 8 nitrogen and oxygen atoms in total. The maximum atomic E-state index is 12.5. The third-order valence-electron chi connectivity index (χ3n) is 4.25. The van der Waals surface area contributed by atoms with Crippen LogP contribution in [0.4, 0.5) is 10.5 Å². The van der Waals surface area contributed by atoms with Gasteiger partial charge in [-0.1, -0.05) is 30.7 Å². The van der Waals surface area contributed by atoms with E-state index in [0.717, 1.165) is 0 Å². The highest BCUT2D eigenvalue weighted by molar-refractivity contribution is 7.90. The Balaban J connectivity index is 1.63. The summed E-state index contributed by atoms with van der Waals surface area (Å²) in [6, 6.07) is 9.82. The van der Waals surface area contributed by atoms with Crippen molar-refractivity contribution in [2.24, 2.45) is 0 Å². The molecule has 1 aromatic carbocycles. The molecule has 0 radical (unpaired) electrons. The summed E-state index contributed by atoms with van der Waals surface area (Å²) in [4.78, 5) is 18.1. The van der Waals surface area contributed by atoms with Gasteiger partial charge in [0.2, 0.25) is 15.9 Å². The molecular formula is C18H21ClN4O4S. The monoisotopic (exact) mass is 424 g/mol. The molecule has 1 fully saturated rings. The molecule has 1 saturated heterocycles. The van der Waals surface area contributed by atoms with E-state index in [1.807, 2.05) is 0 Å². The predicted octanol–water partition coefficient (Wildman–Crippen LogP) is 3.07. The summed E-state index contributed by atoms with van der Waals surface area (Å²) in [7, 11) is -3.41. The molecule has 1 aliphatic rings. The first-order valence-corrected chi connectivity index (χ1v) is 10.7. The van der Waals surface area contributed by atoms with Crippen LogP contribution in [0.1, 0.15) is 13.3 Å². The number of amides is 2. The number of halogens is 1. The Morgan fingerprint density at radius 2 is 2.14 bits per heavy atom. The van der Waals surface area contributed by atoms with Gasteiger partial charge in [-0.05, 0) is 24.6 Å². The molecule has 2 N–H and O–H groups in total. The normalized spacial score (nSPS) is 16.8. The SMILES string of the molecule is CCNS(=O)(=O)C1CCN(C(=O)Nc2ccnc(Oc3ccccc3Cl)c2)C1. The molecule has 1 unspecified atom stereocenters. The molecule has 1 aromatic heterocycles. The lowest BCUT2D eigenvalue weighted by molar-refractivity contribution is 0.222. The number of benzene rings is 1. The van der Waals surface area contributed by atoms with Crippen LogP contribution in [-0.2, 0) is 10.0 Å². The number of hydrogen-bond acceptors (Lipinski definition) is 5. The molecule has 0 bridgehead atoms. The summed E-state index contributed by atoms with van der Waals surface area (Å²) >= 11 is 6.07. The Morgan fingerprint density at radius 1 is 1.36 bits per heavy atom. The third kappa shape index (κ3) is 4.92. The zero-order valence-electron chi connectivity index (χ0n) is 15.3. The molecule has 0 saturated carbocycles. The molecule has 3 rings (SSSR count). The van der Waals surface area contributed by atoms with Crippen LogP contribution in [0.2, 0.25) is 5.02 Å². The number of likely N-dealkylation sites (tertiary alicyclic amines) is 1. The number of rotatable bonds is 6. The molecule has 150 valence electrons. The number of ether oxygens (including phenoxy) is 1. The van der Waals surface area contributed by atoms with E-state index in [0.29, 0.717) is 36.0 Å². The summed E-state index contributed by atoms with van der Waals surface area (Å²) in [5.74, 6) is 0.732. The van der Waals surface area contributed by atoms with Crippen molar-refractivity contribution in [2.75, 3.05) is 25.0 Å². The lowest BCUT2D eigenvalue weighted by Gasteiger charge is -2.18. The van der Waals surface area contributed by atoms with Gasteiger partial charge >= 0.3 is 6.03 Å². The number of nitrogens with zero attached hydrogens (tertiary/aromatic N) is 2. The molecule has 1 aliphatic heterocycles. The van der Waals surface area contributed by atoms with E-state index < -0.39 is 15.3 Å². The lowest BCUT2D eigenvalue weighted by Crippen LogP contribution is -2.38. The van der Waals surface area contributed by atoms with Gasteiger partial charge in [0.05, 0.1) is 10.3 Å². The largest absolute Gasteiger partial charge is 0.437 e. The van der Waals surface area contributed by atoms with Crippen molar-refractivity contribution in [2.45, 2.75) is 18.6 Å². The Hall–Kier alpha value is -2.36. The second kappa shape index (κ2) is 8.76. The molecule has 28 heavy (non-hydrogen) atoms. The molecule has 1 atom stereocenters. The second-order valence-corrected chi connectivity index (χ2v) is 8.70. The van der Waals surface area contributed by atoms with Gasteiger partial charge in [-0.25, -0.2) is 22.9 Å². The van der Waals surface area contributed by atoms with Crippen molar-refractivity contribution >= 4 is 33.3 Å². The minimum Gasteiger partial charge on any atom is -0.437 e. The van der Waals surface area contributed by atoms with Crippen molar-refractivity contribution in [1.82, 2.24) is 14.6 Å². The molecule has 0 spiro atoms. The Kier molecular flexibility index (Phi) is 6.38. The molecule has 0 aliphatic carbocycles. The average Bonchev–Trinajstić information content (AvgIpc) is 3.15. The summed E-state index contributed by atoms with van der Waals surface area (Å²) in [5.41, 5.74) is 0.486. The molecular weight excluding hydrogens is 404 g/mol. The zero-order valence-corrected chi connectivity index (χ0v) is 16.8. The number of anilines is 1. The highest BCUT2D eigenvalue weighted by atomic mass is 35.5. The van der Waals surface area contributed by atoms with Crippen molar-refractivity contribution in [3.8, 4) is 11.6 Å². The van der Waals surface area contributed by atoms with E-state index in [1.54, 1.807) is 43.3 Å². The molecule has 2 amide bonds. The summed E-state index contributed by atoms with van der Waals surface area (Å²) in [6.07, 6.45) is 1.91. The number of nitrogens with one attached hydrogen (secondary N) is 2. The van der Waals surface area contributed by atoms with E-state index in [1.165, 1.54) is 11.1 Å². The smallest absolute Gasteiger partial charge is 0.321 e. The Morgan fingerprint density at radius 3 is 2.89 bits per heavy atom. The first-order chi connectivity index (χ1) is 13.4. The van der Waals surface area contributed by atoms with Gasteiger partial charge < -0.3 is 15.0 Å². The number of hydrogen-bond donors (Lipinski definition) is 2. The summed E-state index contributed by atoms with van der Waals surface area (Å²) < 4.78 is 32.3. The van der Waals surface area contributed by atoms with Gasteiger partial charge in [-0.2, -0.15) is 0 Å². The van der Waals surface area contributed by atoms with Crippen molar-refractivity contribution in [1.29, 1.82) is 0 Å². The first kappa shape index (κ1) is 20.4. The van der Waals surface area contributed by atoms with E-state index >= 15 is 0 Å². The van der Waals surface area contributed by atoms with Crippen LogP contribution in [0, 0.1) is 0 Å². The molecule has 2 heterocycles. The Labute approximate surface area is 168 Å². The number of carbonyl (C=O) groups excluding carboxylic acids is 1. The highest BCUT2D eigenvalue weighted by Crippen LogP contribution is 2.28. The fourth-order valence-corrected chi connectivity index (χ4v) is 4.47. The predicted molar refractivity (Wildman–Crippen MR) is 107 cm³/mol. The number of para-hydroxylation sites is 1. The van der Waals surface area contributed by atoms with E-state index in [2.05, 4.69) is 15.0 Å². The van der Waals surface area contributed by atoms with Crippen LogP contribution in [-0.4, -0.2) is 49.2 Å². The maximum absolute atomic E-state index is 12.5. The van der Waals surface area contributed by atoms with Crippen molar-refractivity contribution in [3.63, 3.8) is 0 Å². The van der Waals surface area contributed by atoms with Crippen LogP contribution in [0.15, 0.2) is 42.6 Å². The van der Waals surface area contributed by atoms with Gasteiger partial charge in [-0.3, -0.25) is 0 Å². The van der Waals surface area contributed by atoms with Gasteiger partial charge in [0, 0.05) is 37.6 Å². The molecule has 2 aromatic rings. The first-order valence-electron chi connectivity index (χ1n) is 8.82. The van der Waals surface area contributed by atoms with Crippen LogP contribution in [0.25, 0.3) is 0 Å². The quantitative estimate of drug-likeness (QED) is 0.742. The van der Waals surface area contributed by atoms with Crippen molar-refractivity contribution in [3.05, 3.63) is 47.6 Å². The van der Waals surface area contributed by atoms with E-state index in [4.69, 9.17) is 16.3 Å². The number of carbonyl (C=O) groups is 1. The van der Waals surface area contributed by atoms with Crippen LogP contribution in [0.5, 0.6) is 11.6 Å². The number of pyridine rings is 1. The fraction of sp³-hybridized carbons (Fsp3) is 0.333. The lowest BCUT2D eigenvalue weighted by atomic mass is 10.3. The van der Waals surface area contributed by atoms with Gasteiger partial charge in [0.25, 0.3) is 0 Å². The Bertz CT molecular complexity index is 954. The summed E-state index contributed by atoms with van der Waals surface area (Å²) in [6.45, 7) is 2.57. The van der Waals surface area contributed by atoms with Gasteiger partial charge in [0.1, 0.15) is 5.75 Å². The fourth-order valence-electron chi connectivity index (χ4n) is 2.87. The minimum atomic E-state index is -3.41. The van der Waals surface area contributed by atoms with E-state index in [-0.39, 0.29) is 18.5 Å². The third-order valence-corrected chi connectivity index (χ3v) is 6.52. The maximum Gasteiger partial charge on any atom is 0.321 e. The van der Waals surface area contributed by atoms with Crippen LogP contribution < -0.4 is 14.8 Å². The number of urea groups is 1. The summed E-state index contributed by atoms with van der Waals surface area (Å²) in [5, 5.41) is 2.59. The second-order valence-electron chi connectivity index (χ2n) is 6.24. The number of sulfonamides is 1. The molecule has 10 heteroatoms. The zero-order chi connectivity index (χ0) is 20.1. The minimum absolute atomic E-state index is 0.148. The topological polar surface area (TPSA) is 101 Å². The average molecular weight is 425 g/mol. The van der Waals surface area contributed by atoms with Crippen LogP contribution >= 0.6 is 11.6 Å². The number of aromatic nitrogens is 1. The standard InChI is InChI=1S/C18H21ClN4O4S/c1-2-21-28(25,26)14-8-10-23(12-14)18(24)22-13-7-9-20-17(11-13)27-16-6-4-3-5-15(16)19/h3-7,9,11,14,21H,2,8,10,12H2,1H3,(H,20,22,24). The van der Waals surface area contributed by atoms with Gasteiger partial charge in [-0.15, -0.1) is 0 Å².